The van der Waals surface area contributed by atoms with E-state index in [0.29, 0.717) is 0 Å². The van der Waals surface area contributed by atoms with E-state index in [4.69, 9.17) is 4.74 Å². The van der Waals surface area contributed by atoms with E-state index < -0.39 is 0 Å². The molecule has 0 aromatic rings. The fourth-order valence-corrected chi connectivity index (χ4v) is 0.544. The Kier molecular flexibility index (Phi) is 5.35. The molecule has 0 aliphatic carbocycles. The summed E-state index contributed by atoms with van der Waals surface area (Å²) in [5.41, 5.74) is 1.51. The van der Waals surface area contributed by atoms with Crippen LogP contribution < -0.4 is 5.32 Å². The number of hydrogen-bond donors (Lipinski definition) is 1. The third kappa shape index (κ3) is 6.87. The summed E-state index contributed by atoms with van der Waals surface area (Å²) < 4.78 is 4.73. The number of nitrogens with one attached hydrogen (secondary N) is 1. The first-order valence-corrected chi connectivity index (χ1v) is 3.92. The van der Waals surface area contributed by atoms with Gasteiger partial charge in [-0.2, -0.15) is 0 Å². The monoisotopic (exact) mass is 181 g/mol. The van der Waals surface area contributed by atoms with Crippen LogP contribution in [0.15, 0.2) is 36.6 Å². The van der Waals surface area contributed by atoms with Crippen LogP contribution in [-0.4, -0.2) is 19.6 Å². The van der Waals surface area contributed by atoms with Gasteiger partial charge >= 0.3 is 5.97 Å². The molecule has 0 aromatic heterocycles. The van der Waals surface area contributed by atoms with Crippen molar-refractivity contribution in [3.05, 3.63) is 36.6 Å². The molecule has 0 saturated heterocycles. The first-order chi connectivity index (χ1) is 6.06. The third-order valence-corrected chi connectivity index (χ3v) is 1.30. The molecule has 13 heavy (non-hydrogen) atoms. The normalized spacial score (nSPS) is 9.69. The number of ether oxygens (including phenoxy) is 1. The molecule has 0 amide bonds. The van der Waals surface area contributed by atoms with Gasteiger partial charge in [0.15, 0.2) is 0 Å². The summed E-state index contributed by atoms with van der Waals surface area (Å²) in [6.45, 7) is 8.98. The molecule has 1 N–H and O–H groups in total. The maximum absolute atomic E-state index is 10.4. The molecule has 3 heteroatoms. The van der Waals surface area contributed by atoms with Gasteiger partial charge in [-0.1, -0.05) is 19.2 Å². The van der Waals surface area contributed by atoms with Crippen LogP contribution >= 0.6 is 0 Å². The number of esters is 1. The van der Waals surface area contributed by atoms with Gasteiger partial charge in [0.05, 0.1) is 0 Å². The molecule has 0 aliphatic rings. The molecule has 0 rings (SSSR count). The lowest BCUT2D eigenvalue weighted by molar-refractivity contribution is -0.139. The quantitative estimate of drug-likeness (QED) is 0.514. The lowest BCUT2D eigenvalue weighted by atomic mass is 10.3. The molecule has 0 unspecified atom stereocenters. The Bertz CT molecular complexity index is 241. The first-order valence-electron chi connectivity index (χ1n) is 3.92. The molecule has 0 aliphatic heterocycles. The second-order valence-electron chi connectivity index (χ2n) is 2.55. The summed E-state index contributed by atoms with van der Waals surface area (Å²) in [7, 11) is 1.78. The highest BCUT2D eigenvalue weighted by atomic mass is 16.5. The zero-order valence-corrected chi connectivity index (χ0v) is 8.09. The van der Waals surface area contributed by atoms with Crippen LogP contribution in [0.2, 0.25) is 0 Å². The van der Waals surface area contributed by atoms with E-state index in [1.165, 1.54) is 6.92 Å². The van der Waals surface area contributed by atoms with Crippen molar-refractivity contribution in [3.8, 4) is 0 Å². The molecule has 0 atom stereocenters. The van der Waals surface area contributed by atoms with E-state index in [-0.39, 0.29) is 12.6 Å². The fraction of sp³-hybridized carbons (Fsp3) is 0.300. The highest BCUT2D eigenvalue weighted by Crippen LogP contribution is 1.96. The van der Waals surface area contributed by atoms with E-state index in [1.807, 2.05) is 0 Å². The summed E-state index contributed by atoms with van der Waals surface area (Å²) in [6, 6.07) is 0. The lowest BCUT2D eigenvalue weighted by Gasteiger charge is -2.01. The van der Waals surface area contributed by atoms with Crippen LogP contribution in [0.25, 0.3) is 0 Å². The van der Waals surface area contributed by atoms with Crippen molar-refractivity contribution in [1.29, 1.82) is 0 Å². The molecule has 72 valence electrons. The summed E-state index contributed by atoms with van der Waals surface area (Å²) in [6.07, 6.45) is 3.52. The predicted molar refractivity (Wildman–Crippen MR) is 53.1 cm³/mol. The molecule has 0 radical (unpaired) electrons. The van der Waals surface area contributed by atoms with Gasteiger partial charge in [0.1, 0.15) is 6.61 Å². The lowest BCUT2D eigenvalue weighted by Crippen LogP contribution is -2.03. The number of hydrogen-bond acceptors (Lipinski definition) is 3. The average Bonchev–Trinajstić information content (AvgIpc) is 2.10. The van der Waals surface area contributed by atoms with Gasteiger partial charge in [-0.05, 0) is 11.6 Å². The molecule has 0 spiro atoms. The third-order valence-electron chi connectivity index (χ3n) is 1.30. The molecule has 0 aromatic carbocycles. The summed E-state index contributed by atoms with van der Waals surface area (Å²) in [4.78, 5) is 10.4. The van der Waals surface area contributed by atoms with Gasteiger partial charge in [-0.25, -0.2) is 0 Å². The van der Waals surface area contributed by atoms with Crippen molar-refractivity contribution in [2.45, 2.75) is 6.92 Å². The summed E-state index contributed by atoms with van der Waals surface area (Å²) >= 11 is 0. The molecular formula is C10H15NO2. The minimum atomic E-state index is -0.304. The maximum Gasteiger partial charge on any atom is 0.302 e. The van der Waals surface area contributed by atoms with E-state index in [2.05, 4.69) is 18.5 Å². The van der Waals surface area contributed by atoms with Crippen LogP contribution in [0.1, 0.15) is 6.92 Å². The van der Waals surface area contributed by atoms with Crippen molar-refractivity contribution in [3.63, 3.8) is 0 Å². The first kappa shape index (κ1) is 11.5. The zero-order chi connectivity index (χ0) is 10.3. The van der Waals surface area contributed by atoms with Crippen LogP contribution in [0, 0.1) is 0 Å². The molecule has 0 saturated carbocycles. The largest absolute Gasteiger partial charge is 0.461 e. The number of likely N-dealkylation sites (N-methyl/N-ethyl adjacent to an activating group) is 1. The highest BCUT2D eigenvalue weighted by molar-refractivity contribution is 5.66. The van der Waals surface area contributed by atoms with Crippen LogP contribution in [0.3, 0.4) is 0 Å². The molecule has 0 heterocycles. The minimum absolute atomic E-state index is 0.225. The van der Waals surface area contributed by atoms with Crippen molar-refractivity contribution >= 4 is 5.97 Å². The van der Waals surface area contributed by atoms with Gasteiger partial charge < -0.3 is 10.1 Å². The van der Waals surface area contributed by atoms with E-state index in [9.17, 15) is 4.79 Å². The number of carbonyl (C=O) groups is 1. The zero-order valence-electron chi connectivity index (χ0n) is 8.09. The van der Waals surface area contributed by atoms with Gasteiger partial charge in [-0.3, -0.25) is 4.79 Å². The Morgan fingerprint density at radius 1 is 1.46 bits per heavy atom. The summed E-state index contributed by atoms with van der Waals surface area (Å²) in [5.74, 6) is -0.304. The molecule has 0 fully saturated rings. The molecule has 0 bridgehead atoms. The van der Waals surface area contributed by atoms with Crippen molar-refractivity contribution in [2.24, 2.45) is 0 Å². The minimum Gasteiger partial charge on any atom is -0.461 e. The van der Waals surface area contributed by atoms with E-state index in [0.717, 1.165) is 11.3 Å². The van der Waals surface area contributed by atoms with Crippen LogP contribution in [-0.2, 0) is 9.53 Å². The number of carbonyl (C=O) groups excluding carboxylic acids is 1. The predicted octanol–water partition coefficient (Wildman–Crippen LogP) is 1.40. The Morgan fingerprint density at radius 3 is 2.54 bits per heavy atom. The second kappa shape index (κ2) is 6.06. The fourth-order valence-electron chi connectivity index (χ4n) is 0.544. The highest BCUT2D eigenvalue weighted by Gasteiger charge is 1.93. The van der Waals surface area contributed by atoms with Crippen molar-refractivity contribution < 1.29 is 9.53 Å². The van der Waals surface area contributed by atoms with Crippen molar-refractivity contribution in [1.82, 2.24) is 5.32 Å². The number of rotatable bonds is 5. The van der Waals surface area contributed by atoms with E-state index >= 15 is 0 Å². The average molecular weight is 181 g/mol. The Balaban J connectivity index is 3.80. The van der Waals surface area contributed by atoms with Crippen LogP contribution in [0.5, 0.6) is 0 Å². The Labute approximate surface area is 78.8 Å². The van der Waals surface area contributed by atoms with E-state index in [1.54, 1.807) is 19.2 Å². The Hall–Kier alpha value is -1.51. The van der Waals surface area contributed by atoms with Crippen molar-refractivity contribution in [2.75, 3.05) is 13.7 Å². The molecular weight excluding hydrogens is 166 g/mol. The summed E-state index contributed by atoms with van der Waals surface area (Å²) in [5, 5.41) is 2.86. The van der Waals surface area contributed by atoms with Gasteiger partial charge in [0.2, 0.25) is 0 Å². The van der Waals surface area contributed by atoms with Crippen LogP contribution in [0.4, 0.5) is 0 Å². The van der Waals surface area contributed by atoms with Gasteiger partial charge in [0.25, 0.3) is 0 Å². The number of allylic oxidation sites excluding steroid dienone is 1. The topological polar surface area (TPSA) is 38.3 Å². The molecule has 3 nitrogen and oxygen atoms in total. The Morgan fingerprint density at radius 2 is 2.08 bits per heavy atom. The second-order valence-corrected chi connectivity index (χ2v) is 2.55. The maximum atomic E-state index is 10.4. The standard InChI is InChI=1S/C10H15NO2/c1-8(7-13-10(3)12)5-6-9(2)11-4/h5-6,11H,1-2,7H2,3-4H3/b6-5-. The van der Waals surface area contributed by atoms with Gasteiger partial charge in [0, 0.05) is 19.7 Å². The SMILES string of the molecule is C=C(/C=C\C(=C)NC)COC(C)=O. The van der Waals surface area contributed by atoms with Gasteiger partial charge in [-0.15, -0.1) is 0 Å². The smallest absolute Gasteiger partial charge is 0.302 e.